The van der Waals surface area contributed by atoms with Crippen molar-refractivity contribution in [2.75, 3.05) is 0 Å². The molecule has 0 amide bonds. The third-order valence-corrected chi connectivity index (χ3v) is 4.32. The lowest BCUT2D eigenvalue weighted by Gasteiger charge is -2.04. The van der Waals surface area contributed by atoms with Gasteiger partial charge >= 0.3 is 0 Å². The minimum atomic E-state index is 0.534. The molecule has 4 rings (SSSR count). The standard InChI is InChI=1S/C19H20N4/c1-14(2)16-4-6-18-21-17(13-23(18)12-16)5-3-15-7-9-22-10-8-20-19(22)11-15/h4,6-14H,3,5H2,1-2H3. The van der Waals surface area contributed by atoms with Gasteiger partial charge in [0.25, 0.3) is 0 Å². The SMILES string of the molecule is CC(C)c1ccc2nc(CCc3ccn4ccnc4c3)cn2c1. The Morgan fingerprint density at radius 2 is 1.87 bits per heavy atom. The maximum Gasteiger partial charge on any atom is 0.136 e. The van der Waals surface area contributed by atoms with Gasteiger partial charge in [-0.1, -0.05) is 19.9 Å². The van der Waals surface area contributed by atoms with E-state index in [1.807, 2.05) is 16.8 Å². The van der Waals surface area contributed by atoms with Crippen molar-refractivity contribution in [3.8, 4) is 0 Å². The van der Waals surface area contributed by atoms with E-state index in [0.717, 1.165) is 29.8 Å². The van der Waals surface area contributed by atoms with E-state index >= 15 is 0 Å². The Bertz CT molecular complexity index is 962. The number of aromatic nitrogens is 4. The van der Waals surface area contributed by atoms with Gasteiger partial charge in [-0.05, 0) is 48.1 Å². The van der Waals surface area contributed by atoms with Crippen molar-refractivity contribution in [3.63, 3.8) is 0 Å². The van der Waals surface area contributed by atoms with Crippen molar-refractivity contribution < 1.29 is 0 Å². The second-order valence-electron chi connectivity index (χ2n) is 6.34. The minimum absolute atomic E-state index is 0.534. The van der Waals surface area contributed by atoms with Gasteiger partial charge in [0.1, 0.15) is 11.3 Å². The molecule has 4 nitrogen and oxygen atoms in total. The Labute approximate surface area is 135 Å². The minimum Gasteiger partial charge on any atom is -0.307 e. The molecule has 0 radical (unpaired) electrons. The molecule has 4 heterocycles. The molecule has 116 valence electrons. The van der Waals surface area contributed by atoms with Crippen LogP contribution in [0.4, 0.5) is 0 Å². The molecule has 4 heteroatoms. The van der Waals surface area contributed by atoms with Crippen LogP contribution < -0.4 is 0 Å². The normalized spacial score (nSPS) is 11.8. The van der Waals surface area contributed by atoms with Crippen LogP contribution in [-0.2, 0) is 12.8 Å². The van der Waals surface area contributed by atoms with Gasteiger partial charge in [-0.15, -0.1) is 0 Å². The van der Waals surface area contributed by atoms with Crippen molar-refractivity contribution in [1.82, 2.24) is 18.8 Å². The molecule has 0 N–H and O–H groups in total. The predicted molar refractivity (Wildman–Crippen MR) is 91.9 cm³/mol. The Kier molecular flexibility index (Phi) is 3.37. The average molecular weight is 304 g/mol. The number of hydrogen-bond donors (Lipinski definition) is 0. The molecule has 4 aromatic rings. The van der Waals surface area contributed by atoms with Gasteiger partial charge in [-0.25, -0.2) is 9.97 Å². The van der Waals surface area contributed by atoms with Gasteiger partial charge in [0, 0.05) is 31.0 Å². The second kappa shape index (κ2) is 5.54. The Morgan fingerprint density at radius 3 is 2.74 bits per heavy atom. The molecular formula is C19H20N4. The summed E-state index contributed by atoms with van der Waals surface area (Å²) in [7, 11) is 0. The fraction of sp³-hybridized carbons (Fsp3) is 0.263. The molecule has 0 fully saturated rings. The van der Waals surface area contributed by atoms with E-state index in [4.69, 9.17) is 4.98 Å². The first-order valence-corrected chi connectivity index (χ1v) is 8.08. The summed E-state index contributed by atoms with van der Waals surface area (Å²) < 4.78 is 4.17. The van der Waals surface area contributed by atoms with Gasteiger partial charge in [-0.3, -0.25) is 0 Å². The topological polar surface area (TPSA) is 34.6 Å². The smallest absolute Gasteiger partial charge is 0.136 e. The lowest BCUT2D eigenvalue weighted by molar-refractivity contribution is 0.853. The fourth-order valence-electron chi connectivity index (χ4n) is 2.90. The zero-order chi connectivity index (χ0) is 15.8. The molecule has 0 spiro atoms. The Balaban J connectivity index is 1.55. The van der Waals surface area contributed by atoms with Gasteiger partial charge < -0.3 is 8.80 Å². The predicted octanol–water partition coefficient (Wildman–Crippen LogP) is 3.89. The molecule has 0 unspecified atom stereocenters. The third kappa shape index (κ3) is 2.72. The van der Waals surface area contributed by atoms with Crippen LogP contribution in [0.3, 0.4) is 0 Å². The van der Waals surface area contributed by atoms with E-state index in [0.29, 0.717) is 5.92 Å². The lowest BCUT2D eigenvalue weighted by atomic mass is 10.1. The second-order valence-corrected chi connectivity index (χ2v) is 6.34. The number of nitrogens with zero attached hydrogens (tertiary/aromatic N) is 4. The highest BCUT2D eigenvalue weighted by Gasteiger charge is 2.05. The van der Waals surface area contributed by atoms with Crippen molar-refractivity contribution in [2.24, 2.45) is 0 Å². The van der Waals surface area contributed by atoms with Crippen LogP contribution in [0.1, 0.15) is 36.6 Å². The summed E-state index contributed by atoms with van der Waals surface area (Å²) in [5, 5.41) is 0. The van der Waals surface area contributed by atoms with Crippen molar-refractivity contribution in [2.45, 2.75) is 32.6 Å². The molecule has 23 heavy (non-hydrogen) atoms. The summed E-state index contributed by atoms with van der Waals surface area (Å²) in [6, 6.07) is 8.58. The van der Waals surface area contributed by atoms with Crippen molar-refractivity contribution in [1.29, 1.82) is 0 Å². The van der Waals surface area contributed by atoms with Crippen LogP contribution in [0.25, 0.3) is 11.3 Å². The summed E-state index contributed by atoms with van der Waals surface area (Å²) in [5.74, 6) is 0.534. The van der Waals surface area contributed by atoms with Gasteiger partial charge in [0.2, 0.25) is 0 Å². The van der Waals surface area contributed by atoms with Crippen LogP contribution in [0.2, 0.25) is 0 Å². The molecule has 0 aromatic carbocycles. The van der Waals surface area contributed by atoms with Gasteiger partial charge in [0.05, 0.1) is 5.69 Å². The van der Waals surface area contributed by atoms with Gasteiger partial charge in [0.15, 0.2) is 0 Å². The monoisotopic (exact) mass is 304 g/mol. The highest BCUT2D eigenvalue weighted by molar-refractivity contribution is 5.43. The first-order valence-electron chi connectivity index (χ1n) is 8.08. The van der Waals surface area contributed by atoms with E-state index in [9.17, 15) is 0 Å². The molecule has 0 aliphatic heterocycles. The molecule has 0 saturated carbocycles. The summed E-state index contributed by atoms with van der Waals surface area (Å²) >= 11 is 0. The zero-order valence-corrected chi connectivity index (χ0v) is 13.5. The van der Waals surface area contributed by atoms with Crippen LogP contribution in [0.15, 0.2) is 55.2 Å². The number of pyridine rings is 2. The molecular weight excluding hydrogens is 284 g/mol. The van der Waals surface area contributed by atoms with E-state index in [-0.39, 0.29) is 0 Å². The lowest BCUT2D eigenvalue weighted by Crippen LogP contribution is -1.93. The molecule has 0 aliphatic rings. The highest BCUT2D eigenvalue weighted by Crippen LogP contribution is 2.16. The van der Waals surface area contributed by atoms with E-state index in [1.54, 1.807) is 0 Å². The molecule has 0 aliphatic carbocycles. The quantitative estimate of drug-likeness (QED) is 0.573. The number of fused-ring (bicyclic) bond motifs is 2. The van der Waals surface area contributed by atoms with E-state index in [2.05, 4.69) is 66.1 Å². The summed E-state index contributed by atoms with van der Waals surface area (Å²) in [6.07, 6.45) is 12.1. The van der Waals surface area contributed by atoms with Crippen LogP contribution >= 0.6 is 0 Å². The summed E-state index contributed by atoms with van der Waals surface area (Å²) in [4.78, 5) is 9.06. The molecule has 0 bridgehead atoms. The maximum atomic E-state index is 4.72. The largest absolute Gasteiger partial charge is 0.307 e. The van der Waals surface area contributed by atoms with Crippen LogP contribution in [0, 0.1) is 0 Å². The van der Waals surface area contributed by atoms with Crippen LogP contribution in [0.5, 0.6) is 0 Å². The maximum absolute atomic E-state index is 4.72. The first-order chi connectivity index (χ1) is 11.2. The fourth-order valence-corrected chi connectivity index (χ4v) is 2.90. The zero-order valence-electron chi connectivity index (χ0n) is 13.5. The van der Waals surface area contributed by atoms with Crippen molar-refractivity contribution in [3.05, 3.63) is 72.1 Å². The molecule has 4 aromatic heterocycles. The third-order valence-electron chi connectivity index (χ3n) is 4.32. The van der Waals surface area contributed by atoms with E-state index < -0.39 is 0 Å². The van der Waals surface area contributed by atoms with E-state index in [1.165, 1.54) is 11.1 Å². The number of hydrogen-bond acceptors (Lipinski definition) is 2. The summed E-state index contributed by atoms with van der Waals surface area (Å²) in [5.41, 5.74) is 5.79. The number of aryl methyl sites for hydroxylation is 2. The summed E-state index contributed by atoms with van der Waals surface area (Å²) in [6.45, 7) is 4.43. The average Bonchev–Trinajstić information content (AvgIpc) is 3.17. The van der Waals surface area contributed by atoms with Crippen LogP contribution in [-0.4, -0.2) is 18.8 Å². The molecule has 0 atom stereocenters. The number of rotatable bonds is 4. The van der Waals surface area contributed by atoms with Gasteiger partial charge in [-0.2, -0.15) is 0 Å². The van der Waals surface area contributed by atoms with Crippen molar-refractivity contribution >= 4 is 11.3 Å². The number of imidazole rings is 2. The Morgan fingerprint density at radius 1 is 0.957 bits per heavy atom. The molecule has 0 saturated heterocycles. The highest BCUT2D eigenvalue weighted by atomic mass is 15.0. The Hall–Kier alpha value is -2.62. The first kappa shape index (κ1) is 14.0.